The van der Waals surface area contributed by atoms with Crippen LogP contribution in [-0.2, 0) is 13.0 Å². The zero-order chi connectivity index (χ0) is 13.0. The molecule has 0 spiro atoms. The summed E-state index contributed by atoms with van der Waals surface area (Å²) >= 11 is 1.64. The molecule has 0 aliphatic heterocycles. The van der Waals surface area contributed by atoms with Gasteiger partial charge in [-0.25, -0.2) is 9.97 Å². The Kier molecular flexibility index (Phi) is 4.09. The van der Waals surface area contributed by atoms with Crippen LogP contribution in [0.5, 0.6) is 0 Å². The first-order chi connectivity index (χ1) is 8.70. The summed E-state index contributed by atoms with van der Waals surface area (Å²) in [5, 5.41) is 6.17. The highest BCUT2D eigenvalue weighted by atomic mass is 32.1. The number of rotatable bonds is 5. The highest BCUT2D eigenvalue weighted by Crippen LogP contribution is 2.08. The molecule has 6 heteroatoms. The monoisotopic (exact) mass is 264 g/mol. The second-order valence-electron chi connectivity index (χ2n) is 3.90. The summed E-state index contributed by atoms with van der Waals surface area (Å²) in [6, 6.07) is 0. The Bertz CT molecular complexity index is 575. The van der Waals surface area contributed by atoms with Crippen molar-refractivity contribution in [2.75, 3.05) is 11.9 Å². The maximum Gasteiger partial charge on any atom is 0.293 e. The molecule has 0 bridgehead atoms. The Hall–Kier alpha value is -1.69. The largest absolute Gasteiger partial charge is 0.365 e. The van der Waals surface area contributed by atoms with Crippen LogP contribution in [0.2, 0.25) is 0 Å². The predicted octanol–water partition coefficient (Wildman–Crippen LogP) is 1.68. The van der Waals surface area contributed by atoms with Crippen molar-refractivity contribution >= 4 is 17.2 Å². The van der Waals surface area contributed by atoms with Crippen LogP contribution in [0.15, 0.2) is 22.6 Å². The van der Waals surface area contributed by atoms with Crippen LogP contribution in [-0.4, -0.2) is 21.1 Å². The van der Waals surface area contributed by atoms with Gasteiger partial charge in [0.1, 0.15) is 0 Å². The van der Waals surface area contributed by atoms with Crippen LogP contribution in [0, 0.1) is 6.92 Å². The standard InChI is InChI=1S/C12H16N4OS/c1-3-16-7-6-14-11(12(16)17)13-5-4-10-8-18-9(2)15-10/h6-8H,3-5H2,1-2H3,(H,13,14). The molecule has 96 valence electrons. The SMILES string of the molecule is CCn1ccnc(NCCc2csc(C)n2)c1=O. The van der Waals surface area contributed by atoms with Gasteiger partial charge in [-0.05, 0) is 13.8 Å². The van der Waals surface area contributed by atoms with Gasteiger partial charge in [0, 0.05) is 37.3 Å². The fraction of sp³-hybridized carbons (Fsp3) is 0.417. The number of hydrogen-bond acceptors (Lipinski definition) is 5. The van der Waals surface area contributed by atoms with E-state index in [2.05, 4.69) is 15.3 Å². The first kappa shape index (κ1) is 12.8. The smallest absolute Gasteiger partial charge is 0.293 e. The van der Waals surface area contributed by atoms with Gasteiger partial charge in [-0.1, -0.05) is 0 Å². The number of anilines is 1. The molecular weight excluding hydrogens is 248 g/mol. The minimum absolute atomic E-state index is 0.0746. The zero-order valence-corrected chi connectivity index (χ0v) is 11.3. The number of thiazole rings is 1. The molecule has 5 nitrogen and oxygen atoms in total. The molecule has 2 rings (SSSR count). The van der Waals surface area contributed by atoms with Crippen molar-refractivity contribution in [2.24, 2.45) is 0 Å². The van der Waals surface area contributed by atoms with Crippen LogP contribution in [0.1, 0.15) is 17.6 Å². The number of nitrogens with one attached hydrogen (secondary N) is 1. The molecule has 0 aliphatic carbocycles. The molecule has 0 unspecified atom stereocenters. The summed E-state index contributed by atoms with van der Waals surface area (Å²) < 4.78 is 1.63. The molecule has 0 amide bonds. The van der Waals surface area contributed by atoms with Gasteiger partial charge < -0.3 is 9.88 Å². The van der Waals surface area contributed by atoms with Crippen LogP contribution in [0.25, 0.3) is 0 Å². The lowest BCUT2D eigenvalue weighted by molar-refractivity contribution is 0.718. The highest BCUT2D eigenvalue weighted by Gasteiger charge is 2.03. The molecule has 0 radical (unpaired) electrons. The van der Waals surface area contributed by atoms with Gasteiger partial charge in [0.05, 0.1) is 10.7 Å². The van der Waals surface area contributed by atoms with E-state index in [0.29, 0.717) is 18.9 Å². The molecule has 2 heterocycles. The predicted molar refractivity (Wildman–Crippen MR) is 73.2 cm³/mol. The zero-order valence-electron chi connectivity index (χ0n) is 10.5. The third kappa shape index (κ3) is 2.95. The Balaban J connectivity index is 1.96. The third-order valence-electron chi connectivity index (χ3n) is 2.59. The van der Waals surface area contributed by atoms with Gasteiger partial charge in [-0.3, -0.25) is 4.79 Å². The van der Waals surface area contributed by atoms with Crippen molar-refractivity contribution in [3.63, 3.8) is 0 Å². The second kappa shape index (κ2) is 5.77. The van der Waals surface area contributed by atoms with Crippen LogP contribution in [0.4, 0.5) is 5.82 Å². The van der Waals surface area contributed by atoms with E-state index < -0.39 is 0 Å². The van der Waals surface area contributed by atoms with Gasteiger partial charge in [0.25, 0.3) is 5.56 Å². The lowest BCUT2D eigenvalue weighted by atomic mass is 10.3. The van der Waals surface area contributed by atoms with E-state index in [1.165, 1.54) is 0 Å². The van der Waals surface area contributed by atoms with Gasteiger partial charge in [0.2, 0.25) is 0 Å². The normalized spacial score (nSPS) is 10.6. The second-order valence-corrected chi connectivity index (χ2v) is 4.96. The average Bonchev–Trinajstić information content (AvgIpc) is 2.77. The lowest BCUT2D eigenvalue weighted by Crippen LogP contribution is -2.24. The van der Waals surface area contributed by atoms with E-state index in [0.717, 1.165) is 17.1 Å². The van der Waals surface area contributed by atoms with Crippen molar-refractivity contribution in [1.29, 1.82) is 0 Å². The summed E-state index contributed by atoms with van der Waals surface area (Å²) in [6.45, 7) is 5.24. The van der Waals surface area contributed by atoms with Crippen LogP contribution in [0.3, 0.4) is 0 Å². The first-order valence-electron chi connectivity index (χ1n) is 5.91. The van der Waals surface area contributed by atoms with Gasteiger partial charge in [-0.2, -0.15) is 0 Å². The van der Waals surface area contributed by atoms with E-state index in [9.17, 15) is 4.79 Å². The summed E-state index contributed by atoms with van der Waals surface area (Å²) in [5.41, 5.74) is 0.978. The molecule has 0 aliphatic rings. The van der Waals surface area contributed by atoms with Crippen molar-refractivity contribution < 1.29 is 0 Å². The fourth-order valence-corrected chi connectivity index (χ4v) is 2.30. The molecule has 1 N–H and O–H groups in total. The average molecular weight is 264 g/mol. The van der Waals surface area contributed by atoms with Gasteiger partial charge in [0.15, 0.2) is 5.82 Å². The highest BCUT2D eigenvalue weighted by molar-refractivity contribution is 7.09. The van der Waals surface area contributed by atoms with E-state index >= 15 is 0 Å². The summed E-state index contributed by atoms with van der Waals surface area (Å²) in [7, 11) is 0. The maximum atomic E-state index is 11.9. The van der Waals surface area contributed by atoms with Crippen LogP contribution >= 0.6 is 11.3 Å². The molecular formula is C12H16N4OS. The lowest BCUT2D eigenvalue weighted by Gasteiger charge is -2.06. The summed E-state index contributed by atoms with van der Waals surface area (Å²) in [6.07, 6.45) is 4.13. The number of hydrogen-bond donors (Lipinski definition) is 1. The molecule has 0 aromatic carbocycles. The van der Waals surface area contributed by atoms with Crippen molar-refractivity contribution in [1.82, 2.24) is 14.5 Å². The Morgan fingerprint density at radius 1 is 1.50 bits per heavy atom. The van der Waals surface area contributed by atoms with Crippen molar-refractivity contribution in [3.05, 3.63) is 38.8 Å². The molecule has 2 aromatic heterocycles. The van der Waals surface area contributed by atoms with E-state index in [1.807, 2.05) is 19.2 Å². The minimum Gasteiger partial charge on any atom is -0.365 e. The Labute approximate surface area is 110 Å². The Morgan fingerprint density at radius 2 is 2.33 bits per heavy atom. The molecule has 2 aromatic rings. The summed E-state index contributed by atoms with van der Waals surface area (Å²) in [5.74, 6) is 0.409. The van der Waals surface area contributed by atoms with E-state index in [-0.39, 0.29) is 5.56 Å². The van der Waals surface area contributed by atoms with Crippen molar-refractivity contribution in [2.45, 2.75) is 26.8 Å². The maximum absolute atomic E-state index is 11.9. The van der Waals surface area contributed by atoms with Gasteiger partial charge >= 0.3 is 0 Å². The quantitative estimate of drug-likeness (QED) is 0.892. The molecule has 0 atom stereocenters. The summed E-state index contributed by atoms with van der Waals surface area (Å²) in [4.78, 5) is 20.3. The van der Waals surface area contributed by atoms with E-state index in [1.54, 1.807) is 28.3 Å². The Morgan fingerprint density at radius 3 is 3.00 bits per heavy atom. The van der Waals surface area contributed by atoms with Crippen LogP contribution < -0.4 is 10.9 Å². The third-order valence-corrected chi connectivity index (χ3v) is 3.42. The van der Waals surface area contributed by atoms with Gasteiger partial charge in [-0.15, -0.1) is 11.3 Å². The number of aryl methyl sites for hydroxylation is 2. The molecule has 0 saturated carbocycles. The molecule has 18 heavy (non-hydrogen) atoms. The number of aromatic nitrogens is 3. The molecule has 0 saturated heterocycles. The van der Waals surface area contributed by atoms with E-state index in [4.69, 9.17) is 0 Å². The number of nitrogens with zero attached hydrogens (tertiary/aromatic N) is 3. The first-order valence-corrected chi connectivity index (χ1v) is 6.79. The minimum atomic E-state index is -0.0746. The molecule has 0 fully saturated rings. The topological polar surface area (TPSA) is 59.8 Å². The van der Waals surface area contributed by atoms with Crippen molar-refractivity contribution in [3.8, 4) is 0 Å². The fourth-order valence-electron chi connectivity index (χ4n) is 1.65.